The van der Waals surface area contributed by atoms with Crippen LogP contribution in [-0.2, 0) is 31.9 Å². The fourth-order valence-electron chi connectivity index (χ4n) is 2.80. The molecule has 0 saturated heterocycles. The maximum Gasteiger partial charge on any atom is 0.302 e. The van der Waals surface area contributed by atoms with Crippen LogP contribution in [0.15, 0.2) is 48.5 Å². The first-order valence-corrected chi connectivity index (χ1v) is 8.99. The van der Waals surface area contributed by atoms with Gasteiger partial charge in [0, 0.05) is 13.8 Å². The monoisotopic (exact) mass is 354 g/mol. The van der Waals surface area contributed by atoms with Crippen LogP contribution in [0, 0.1) is 0 Å². The summed E-state index contributed by atoms with van der Waals surface area (Å²) in [5.41, 5.74) is 4.82. The lowest BCUT2D eigenvalue weighted by Gasteiger charge is -2.08. The summed E-state index contributed by atoms with van der Waals surface area (Å²) in [4.78, 5) is 21.6. The highest BCUT2D eigenvalue weighted by Crippen LogP contribution is 2.22. The van der Waals surface area contributed by atoms with Crippen molar-refractivity contribution in [1.82, 2.24) is 0 Å². The molecule has 0 aliphatic rings. The normalized spacial score (nSPS) is 10.4. The van der Waals surface area contributed by atoms with Crippen LogP contribution in [-0.4, -0.2) is 25.2 Å². The van der Waals surface area contributed by atoms with Crippen LogP contribution in [0.25, 0.3) is 11.1 Å². The minimum absolute atomic E-state index is 0.232. The predicted molar refractivity (Wildman–Crippen MR) is 102 cm³/mol. The van der Waals surface area contributed by atoms with E-state index in [1.807, 2.05) is 0 Å². The van der Waals surface area contributed by atoms with Crippen LogP contribution < -0.4 is 0 Å². The van der Waals surface area contributed by atoms with Gasteiger partial charge in [0.1, 0.15) is 0 Å². The molecule has 0 amide bonds. The molecule has 2 aromatic carbocycles. The number of aryl methyl sites for hydroxylation is 2. The molecule has 0 fully saturated rings. The van der Waals surface area contributed by atoms with Crippen molar-refractivity contribution in [2.45, 2.75) is 39.5 Å². The molecule has 0 N–H and O–H groups in total. The molecule has 0 bridgehead atoms. The van der Waals surface area contributed by atoms with E-state index in [0.717, 1.165) is 25.7 Å². The van der Waals surface area contributed by atoms with Crippen LogP contribution in [0.5, 0.6) is 0 Å². The number of carbonyl (C=O) groups excluding carboxylic acids is 2. The van der Waals surface area contributed by atoms with E-state index in [9.17, 15) is 9.59 Å². The molecule has 4 heteroatoms. The third-order valence-electron chi connectivity index (χ3n) is 4.02. The van der Waals surface area contributed by atoms with Crippen LogP contribution >= 0.6 is 0 Å². The van der Waals surface area contributed by atoms with Gasteiger partial charge in [-0.15, -0.1) is 0 Å². The van der Waals surface area contributed by atoms with Gasteiger partial charge in [-0.05, 0) is 47.9 Å². The van der Waals surface area contributed by atoms with Crippen LogP contribution in [0.4, 0.5) is 0 Å². The minimum atomic E-state index is -0.232. The van der Waals surface area contributed by atoms with Gasteiger partial charge in [-0.3, -0.25) is 9.59 Å². The van der Waals surface area contributed by atoms with Crippen molar-refractivity contribution in [1.29, 1.82) is 0 Å². The third kappa shape index (κ3) is 7.09. The van der Waals surface area contributed by atoms with Gasteiger partial charge in [0.25, 0.3) is 0 Å². The molecule has 2 rings (SSSR count). The second-order valence-corrected chi connectivity index (χ2v) is 6.29. The summed E-state index contributed by atoms with van der Waals surface area (Å²) in [5, 5.41) is 0. The molecule has 0 aliphatic heterocycles. The topological polar surface area (TPSA) is 52.6 Å². The lowest BCUT2D eigenvalue weighted by Crippen LogP contribution is -2.02. The van der Waals surface area contributed by atoms with Gasteiger partial charge in [0.05, 0.1) is 13.2 Å². The summed E-state index contributed by atoms with van der Waals surface area (Å²) >= 11 is 0. The van der Waals surface area contributed by atoms with Crippen molar-refractivity contribution < 1.29 is 19.1 Å². The number of rotatable bonds is 9. The molecule has 2 aromatic rings. The quantitative estimate of drug-likeness (QED) is 0.496. The van der Waals surface area contributed by atoms with Crippen LogP contribution in [0.2, 0.25) is 0 Å². The zero-order valence-electron chi connectivity index (χ0n) is 15.5. The highest BCUT2D eigenvalue weighted by Gasteiger charge is 2.03. The van der Waals surface area contributed by atoms with E-state index in [1.165, 1.54) is 36.1 Å². The van der Waals surface area contributed by atoms with E-state index >= 15 is 0 Å². The van der Waals surface area contributed by atoms with E-state index in [1.54, 1.807) is 0 Å². The summed E-state index contributed by atoms with van der Waals surface area (Å²) in [7, 11) is 0. The molecule has 0 atom stereocenters. The molecule has 0 saturated carbocycles. The molecule has 0 aromatic heterocycles. The van der Waals surface area contributed by atoms with Crippen molar-refractivity contribution in [3.05, 3.63) is 59.7 Å². The molecule has 26 heavy (non-hydrogen) atoms. The van der Waals surface area contributed by atoms with Crippen LogP contribution in [0.1, 0.15) is 37.8 Å². The molecule has 138 valence electrons. The standard InChI is InChI=1S/C22H26O4/c1-17(23)25-13-5-9-19-7-3-11-21(15-19)22-12-4-8-20(16-22)10-6-14-26-18(2)24/h3-4,7-8,11-12,15-16H,5-6,9-10,13-14H2,1-2H3. The second kappa shape index (κ2) is 10.4. The number of benzene rings is 2. The van der Waals surface area contributed by atoms with Gasteiger partial charge in [-0.1, -0.05) is 48.5 Å². The van der Waals surface area contributed by atoms with Gasteiger partial charge < -0.3 is 9.47 Å². The first-order valence-electron chi connectivity index (χ1n) is 8.99. The second-order valence-electron chi connectivity index (χ2n) is 6.29. The fourth-order valence-corrected chi connectivity index (χ4v) is 2.80. The predicted octanol–water partition coefficient (Wildman–Crippen LogP) is 4.35. The Bertz CT molecular complexity index is 673. The number of hydrogen-bond donors (Lipinski definition) is 0. The van der Waals surface area contributed by atoms with Gasteiger partial charge >= 0.3 is 11.9 Å². The Morgan fingerprint density at radius 3 is 1.54 bits per heavy atom. The molecule has 0 aliphatic carbocycles. The molecule has 0 heterocycles. The number of hydrogen-bond acceptors (Lipinski definition) is 4. The molecular formula is C22H26O4. The molecular weight excluding hydrogens is 328 g/mol. The lowest BCUT2D eigenvalue weighted by molar-refractivity contribution is -0.142. The fraction of sp³-hybridized carbons (Fsp3) is 0.364. The minimum Gasteiger partial charge on any atom is -0.466 e. The van der Waals surface area contributed by atoms with Crippen LogP contribution in [0.3, 0.4) is 0 Å². The van der Waals surface area contributed by atoms with E-state index in [-0.39, 0.29) is 11.9 Å². The zero-order valence-corrected chi connectivity index (χ0v) is 15.5. The van der Waals surface area contributed by atoms with Gasteiger partial charge in [0.15, 0.2) is 0 Å². The van der Waals surface area contributed by atoms with E-state index in [0.29, 0.717) is 13.2 Å². The van der Waals surface area contributed by atoms with Crippen molar-refractivity contribution in [3.63, 3.8) is 0 Å². The van der Waals surface area contributed by atoms with Gasteiger partial charge in [-0.2, -0.15) is 0 Å². The molecule has 4 nitrogen and oxygen atoms in total. The van der Waals surface area contributed by atoms with Crippen molar-refractivity contribution >= 4 is 11.9 Å². The summed E-state index contributed by atoms with van der Waals surface area (Å²) in [5.74, 6) is -0.464. The average molecular weight is 354 g/mol. The average Bonchev–Trinajstić information content (AvgIpc) is 2.63. The Kier molecular flexibility index (Phi) is 7.87. The highest BCUT2D eigenvalue weighted by molar-refractivity contribution is 5.66. The zero-order chi connectivity index (χ0) is 18.8. The highest BCUT2D eigenvalue weighted by atomic mass is 16.5. The van der Waals surface area contributed by atoms with E-state index < -0.39 is 0 Å². The van der Waals surface area contributed by atoms with Gasteiger partial charge in [0.2, 0.25) is 0 Å². The maximum atomic E-state index is 10.8. The Balaban J connectivity index is 1.95. The molecule has 0 unspecified atom stereocenters. The van der Waals surface area contributed by atoms with E-state index in [2.05, 4.69) is 48.5 Å². The van der Waals surface area contributed by atoms with Crippen molar-refractivity contribution in [2.24, 2.45) is 0 Å². The summed E-state index contributed by atoms with van der Waals surface area (Å²) in [6, 6.07) is 16.9. The largest absolute Gasteiger partial charge is 0.466 e. The van der Waals surface area contributed by atoms with Crippen molar-refractivity contribution in [2.75, 3.05) is 13.2 Å². The Labute approximate surface area is 155 Å². The molecule has 0 spiro atoms. The Hall–Kier alpha value is -2.62. The Morgan fingerprint density at radius 2 is 1.15 bits per heavy atom. The SMILES string of the molecule is CC(=O)OCCCc1cccc(-c2cccc(CCCOC(C)=O)c2)c1. The number of ether oxygens (including phenoxy) is 2. The number of carbonyl (C=O) groups is 2. The van der Waals surface area contributed by atoms with E-state index in [4.69, 9.17) is 9.47 Å². The lowest BCUT2D eigenvalue weighted by atomic mass is 9.98. The molecule has 0 radical (unpaired) electrons. The van der Waals surface area contributed by atoms with Gasteiger partial charge in [-0.25, -0.2) is 0 Å². The van der Waals surface area contributed by atoms with Crippen molar-refractivity contribution in [3.8, 4) is 11.1 Å². The maximum absolute atomic E-state index is 10.8. The Morgan fingerprint density at radius 1 is 0.731 bits per heavy atom. The summed E-state index contributed by atoms with van der Waals surface area (Å²) in [6.45, 7) is 3.77. The third-order valence-corrected chi connectivity index (χ3v) is 4.02. The first-order chi connectivity index (χ1) is 12.5. The first kappa shape index (κ1) is 19.7. The summed E-state index contributed by atoms with van der Waals surface area (Å²) < 4.78 is 9.97. The number of esters is 2. The smallest absolute Gasteiger partial charge is 0.302 e. The summed E-state index contributed by atoms with van der Waals surface area (Å²) in [6.07, 6.45) is 3.39.